The van der Waals surface area contributed by atoms with Crippen LogP contribution in [0.25, 0.3) is 66.1 Å². The summed E-state index contributed by atoms with van der Waals surface area (Å²) in [6.07, 6.45) is 0.670. The number of hydrogen-bond donors (Lipinski definition) is 1. The van der Waals surface area contributed by atoms with Crippen molar-refractivity contribution in [3.63, 3.8) is 0 Å². The number of hydrogen-bond acceptors (Lipinski definition) is 1. The number of rotatable bonds is 3. The van der Waals surface area contributed by atoms with E-state index in [1.54, 1.807) is 0 Å². The fourth-order valence-corrected chi connectivity index (χ4v) is 6.40. The second-order valence-electron chi connectivity index (χ2n) is 11.0. The average molecular weight is 522 g/mol. The first-order valence-corrected chi connectivity index (χ1v) is 14.1. The van der Waals surface area contributed by atoms with Gasteiger partial charge in [0.1, 0.15) is 0 Å². The zero-order valence-corrected chi connectivity index (χ0v) is 22.6. The Kier molecular flexibility index (Phi) is 5.43. The van der Waals surface area contributed by atoms with E-state index in [2.05, 4.69) is 140 Å². The maximum Gasteiger partial charge on any atom is 0.0436 e. The molecule has 7 aromatic carbocycles. The van der Waals surface area contributed by atoms with Crippen molar-refractivity contribution in [2.24, 2.45) is 0 Å². The molecule has 0 aliphatic heterocycles. The minimum atomic E-state index is 0.670. The first kappa shape index (κ1) is 23.6. The van der Waals surface area contributed by atoms with Crippen LogP contribution in [0.1, 0.15) is 11.1 Å². The van der Waals surface area contributed by atoms with E-state index in [0.717, 1.165) is 11.1 Å². The molecule has 1 aliphatic carbocycles. The molecule has 0 saturated heterocycles. The average Bonchev–Trinajstić information content (AvgIpc) is 3.04. The molecule has 0 radical (unpaired) electrons. The lowest BCUT2D eigenvalue weighted by Crippen LogP contribution is -2.12. The van der Waals surface area contributed by atoms with E-state index in [0.29, 0.717) is 12.1 Å². The van der Waals surface area contributed by atoms with Gasteiger partial charge < -0.3 is 5.41 Å². The minimum Gasteiger partial charge on any atom is -0.304 e. The molecule has 1 N–H and O–H groups in total. The Morgan fingerprint density at radius 1 is 0.366 bits per heavy atom. The van der Waals surface area contributed by atoms with Crippen LogP contribution in [-0.4, -0.2) is 5.71 Å². The zero-order valence-electron chi connectivity index (χ0n) is 22.6. The largest absolute Gasteiger partial charge is 0.304 e. The maximum absolute atomic E-state index is 8.59. The van der Waals surface area contributed by atoms with Gasteiger partial charge in [-0.25, -0.2) is 0 Å². The van der Waals surface area contributed by atoms with Gasteiger partial charge in [-0.15, -0.1) is 0 Å². The summed E-state index contributed by atoms with van der Waals surface area (Å²) in [4.78, 5) is 0. The summed E-state index contributed by atoms with van der Waals surface area (Å²) in [5, 5.41) is 13.7. The molecule has 0 unspecified atom stereocenters. The van der Waals surface area contributed by atoms with Gasteiger partial charge in [0.15, 0.2) is 0 Å². The molecule has 1 aliphatic rings. The Bertz CT molecular complexity index is 2150. The minimum absolute atomic E-state index is 0.670. The Balaban J connectivity index is 1.15. The van der Waals surface area contributed by atoms with Gasteiger partial charge in [0.05, 0.1) is 0 Å². The molecule has 8 rings (SSSR count). The molecule has 1 nitrogen and oxygen atoms in total. The quantitative estimate of drug-likeness (QED) is 0.224. The third-order valence-corrected chi connectivity index (χ3v) is 8.48. The Morgan fingerprint density at radius 3 is 1.68 bits per heavy atom. The topological polar surface area (TPSA) is 23.9 Å². The Morgan fingerprint density at radius 2 is 0.927 bits per heavy atom. The predicted molar refractivity (Wildman–Crippen MR) is 174 cm³/mol. The summed E-state index contributed by atoms with van der Waals surface area (Å²) in [7, 11) is 0. The highest BCUT2D eigenvalue weighted by molar-refractivity contribution is 6.09. The van der Waals surface area contributed by atoms with Gasteiger partial charge in [0, 0.05) is 17.7 Å². The molecule has 0 saturated carbocycles. The van der Waals surface area contributed by atoms with E-state index < -0.39 is 0 Å². The molecule has 1 heteroatoms. The second-order valence-corrected chi connectivity index (χ2v) is 11.0. The lowest BCUT2D eigenvalue weighted by molar-refractivity contribution is 1.25. The molecule has 0 bridgehead atoms. The highest BCUT2D eigenvalue weighted by Gasteiger charge is 2.20. The van der Waals surface area contributed by atoms with Crippen LogP contribution in [0, 0.1) is 5.41 Å². The summed E-state index contributed by atoms with van der Waals surface area (Å²) in [5.41, 5.74) is 12.6. The second kappa shape index (κ2) is 9.43. The number of fused-ring (bicyclic) bond motifs is 6. The third-order valence-electron chi connectivity index (χ3n) is 8.48. The molecule has 192 valence electrons. The van der Waals surface area contributed by atoms with Crippen molar-refractivity contribution in [1.82, 2.24) is 0 Å². The van der Waals surface area contributed by atoms with Crippen LogP contribution < -0.4 is 0 Å². The lowest BCUT2D eigenvalue weighted by atomic mass is 9.83. The zero-order chi connectivity index (χ0) is 27.3. The summed E-state index contributed by atoms with van der Waals surface area (Å²) in [5.74, 6) is 0. The molecule has 0 spiro atoms. The highest BCUT2D eigenvalue weighted by atomic mass is 14.4. The smallest absolute Gasteiger partial charge is 0.0436 e. The van der Waals surface area contributed by atoms with E-state index in [-0.39, 0.29) is 0 Å². The van der Waals surface area contributed by atoms with Crippen molar-refractivity contribution in [3.05, 3.63) is 157 Å². The van der Waals surface area contributed by atoms with E-state index in [1.165, 1.54) is 66.1 Å². The first-order chi connectivity index (χ1) is 20.2. The van der Waals surface area contributed by atoms with Gasteiger partial charge in [0.25, 0.3) is 0 Å². The number of nitrogens with one attached hydrogen (secondary N) is 1. The lowest BCUT2D eigenvalue weighted by Gasteiger charge is -2.21. The van der Waals surface area contributed by atoms with Crippen molar-refractivity contribution in [2.45, 2.75) is 6.42 Å². The third kappa shape index (κ3) is 4.06. The van der Waals surface area contributed by atoms with E-state index in [4.69, 9.17) is 5.41 Å². The summed E-state index contributed by atoms with van der Waals surface area (Å²) in [6.45, 7) is 0. The van der Waals surface area contributed by atoms with Crippen molar-refractivity contribution in [1.29, 1.82) is 5.41 Å². The van der Waals surface area contributed by atoms with Crippen molar-refractivity contribution in [3.8, 4) is 44.5 Å². The van der Waals surface area contributed by atoms with Gasteiger partial charge in [-0.2, -0.15) is 0 Å². The molecular formula is C40H27N. The van der Waals surface area contributed by atoms with Crippen LogP contribution >= 0.6 is 0 Å². The Labute approximate surface area is 239 Å². The predicted octanol–water partition coefficient (Wildman–Crippen LogP) is 10.6. The fraction of sp³-hybridized carbons (Fsp3) is 0.0250. The standard InChI is InChI=1S/C40H27N/c41-40-25-34-24-32(18-20-37(34)38-13-3-4-14-39(38)40)30-11-6-9-28(22-30)27-8-5-10-29(21-27)31-17-19-36-33(23-31)16-15-26-7-1-2-12-35(26)36/h1-24,41H,25H2. The van der Waals surface area contributed by atoms with Crippen LogP contribution in [0.15, 0.2) is 146 Å². The Hall–Kier alpha value is -5.27. The molecular weight excluding hydrogens is 494 g/mol. The van der Waals surface area contributed by atoms with Gasteiger partial charge in [-0.1, -0.05) is 127 Å². The number of benzene rings is 7. The van der Waals surface area contributed by atoms with E-state index in [9.17, 15) is 0 Å². The molecule has 0 aromatic heterocycles. The molecule has 0 atom stereocenters. The maximum atomic E-state index is 8.59. The normalized spacial score (nSPS) is 12.3. The van der Waals surface area contributed by atoms with Crippen LogP contribution in [0.4, 0.5) is 0 Å². The summed E-state index contributed by atoms with van der Waals surface area (Å²) in [6, 6.07) is 52.5. The molecule has 7 aromatic rings. The van der Waals surface area contributed by atoms with Gasteiger partial charge in [0.2, 0.25) is 0 Å². The van der Waals surface area contributed by atoms with Crippen LogP contribution in [0.5, 0.6) is 0 Å². The summed E-state index contributed by atoms with van der Waals surface area (Å²) >= 11 is 0. The summed E-state index contributed by atoms with van der Waals surface area (Å²) < 4.78 is 0. The van der Waals surface area contributed by atoms with Crippen LogP contribution in [-0.2, 0) is 6.42 Å². The SMILES string of the molecule is N=C1Cc2cc(-c3cccc(-c4cccc(-c5ccc6c(ccc7ccccc76)c5)c4)c3)ccc2-c2ccccc21. The molecule has 0 heterocycles. The van der Waals surface area contributed by atoms with E-state index >= 15 is 0 Å². The van der Waals surface area contributed by atoms with Gasteiger partial charge in [-0.05, 0) is 89.8 Å². The first-order valence-electron chi connectivity index (χ1n) is 14.1. The van der Waals surface area contributed by atoms with Gasteiger partial charge >= 0.3 is 0 Å². The van der Waals surface area contributed by atoms with Crippen LogP contribution in [0.2, 0.25) is 0 Å². The highest BCUT2D eigenvalue weighted by Crippen LogP contribution is 2.37. The molecule has 41 heavy (non-hydrogen) atoms. The van der Waals surface area contributed by atoms with Crippen molar-refractivity contribution in [2.75, 3.05) is 0 Å². The van der Waals surface area contributed by atoms with Crippen molar-refractivity contribution < 1.29 is 0 Å². The van der Waals surface area contributed by atoms with E-state index in [1.807, 2.05) is 6.07 Å². The monoisotopic (exact) mass is 521 g/mol. The van der Waals surface area contributed by atoms with Crippen molar-refractivity contribution >= 4 is 27.3 Å². The fourth-order valence-electron chi connectivity index (χ4n) is 6.40. The molecule has 0 amide bonds. The van der Waals surface area contributed by atoms with Crippen LogP contribution in [0.3, 0.4) is 0 Å². The van der Waals surface area contributed by atoms with Gasteiger partial charge in [-0.3, -0.25) is 0 Å². The molecule has 0 fully saturated rings.